The van der Waals surface area contributed by atoms with Gasteiger partial charge in [-0.05, 0) is 51.5 Å². The lowest BCUT2D eigenvalue weighted by atomic mass is 10.1. The lowest BCUT2D eigenvalue weighted by molar-refractivity contribution is -0.120. The number of amides is 1. The summed E-state index contributed by atoms with van der Waals surface area (Å²) in [7, 11) is 0. The van der Waals surface area contributed by atoms with Crippen LogP contribution in [0, 0.1) is 19.7 Å². The minimum Gasteiger partial charge on any atom is -0.349 e. The van der Waals surface area contributed by atoms with Gasteiger partial charge in [-0.1, -0.05) is 23.9 Å². The van der Waals surface area contributed by atoms with Crippen LogP contribution in [0.2, 0.25) is 0 Å². The van der Waals surface area contributed by atoms with Gasteiger partial charge in [-0.25, -0.2) is 14.4 Å². The average molecular weight is 333 g/mol. The molecular formula is C17H20FN3OS. The number of aromatic nitrogens is 2. The third kappa shape index (κ3) is 5.03. The van der Waals surface area contributed by atoms with E-state index >= 15 is 0 Å². The molecule has 0 radical (unpaired) electrons. The summed E-state index contributed by atoms with van der Waals surface area (Å²) >= 11 is 1.40. The topological polar surface area (TPSA) is 54.9 Å². The highest BCUT2D eigenvalue weighted by atomic mass is 32.2. The number of aryl methyl sites for hydroxylation is 2. The van der Waals surface area contributed by atoms with Gasteiger partial charge in [-0.15, -0.1) is 0 Å². The van der Waals surface area contributed by atoms with Gasteiger partial charge >= 0.3 is 0 Å². The number of nitrogens with zero attached hydrogens (tertiary/aromatic N) is 2. The van der Waals surface area contributed by atoms with Crippen LogP contribution in [0.4, 0.5) is 4.39 Å². The fourth-order valence-corrected chi connectivity index (χ4v) is 3.10. The largest absolute Gasteiger partial charge is 0.349 e. The van der Waals surface area contributed by atoms with Crippen LogP contribution in [0.5, 0.6) is 0 Å². The fraction of sp³-hybridized carbons (Fsp3) is 0.353. The summed E-state index contributed by atoms with van der Waals surface area (Å²) in [4.78, 5) is 20.9. The molecule has 0 saturated carbocycles. The van der Waals surface area contributed by atoms with Crippen molar-refractivity contribution in [2.75, 3.05) is 0 Å². The molecule has 0 saturated heterocycles. The third-order valence-corrected chi connectivity index (χ3v) is 4.36. The zero-order valence-corrected chi connectivity index (χ0v) is 14.4. The zero-order valence-electron chi connectivity index (χ0n) is 13.6. The molecule has 1 aromatic heterocycles. The van der Waals surface area contributed by atoms with E-state index in [2.05, 4.69) is 15.3 Å². The molecule has 1 heterocycles. The molecule has 2 unspecified atom stereocenters. The molecule has 6 heteroatoms. The summed E-state index contributed by atoms with van der Waals surface area (Å²) in [6.45, 7) is 7.45. The van der Waals surface area contributed by atoms with Crippen LogP contribution >= 0.6 is 11.8 Å². The number of carbonyl (C=O) groups is 1. The minimum atomic E-state index is -0.286. The monoisotopic (exact) mass is 333 g/mol. The number of hydrogen-bond donors (Lipinski definition) is 1. The van der Waals surface area contributed by atoms with E-state index in [-0.39, 0.29) is 23.0 Å². The zero-order chi connectivity index (χ0) is 17.0. The SMILES string of the molecule is Cc1cc(SC(C)C(=O)NC(C)c2ccc(F)cc2)nc(C)n1. The second-order valence-electron chi connectivity index (χ2n) is 5.44. The van der Waals surface area contributed by atoms with Gasteiger partial charge < -0.3 is 5.32 Å². The van der Waals surface area contributed by atoms with Crippen molar-refractivity contribution in [3.8, 4) is 0 Å². The molecule has 2 atom stereocenters. The van der Waals surface area contributed by atoms with E-state index in [1.807, 2.05) is 33.8 Å². The molecule has 0 spiro atoms. The molecule has 2 aromatic rings. The molecule has 0 bridgehead atoms. The first-order valence-electron chi connectivity index (χ1n) is 7.40. The van der Waals surface area contributed by atoms with Crippen LogP contribution in [0.3, 0.4) is 0 Å². The number of benzene rings is 1. The predicted molar refractivity (Wildman–Crippen MR) is 89.8 cm³/mol. The minimum absolute atomic E-state index is 0.0826. The molecule has 122 valence electrons. The summed E-state index contributed by atoms with van der Waals surface area (Å²) in [6.07, 6.45) is 0. The van der Waals surface area contributed by atoms with Crippen molar-refractivity contribution in [3.05, 3.63) is 53.2 Å². The van der Waals surface area contributed by atoms with Crippen molar-refractivity contribution in [1.29, 1.82) is 0 Å². The van der Waals surface area contributed by atoms with Gasteiger partial charge in [0.05, 0.1) is 11.3 Å². The highest BCUT2D eigenvalue weighted by Crippen LogP contribution is 2.23. The molecule has 0 fully saturated rings. The molecule has 4 nitrogen and oxygen atoms in total. The van der Waals surface area contributed by atoms with Crippen molar-refractivity contribution < 1.29 is 9.18 Å². The van der Waals surface area contributed by atoms with Crippen LogP contribution < -0.4 is 5.32 Å². The third-order valence-electron chi connectivity index (χ3n) is 3.34. The van der Waals surface area contributed by atoms with Crippen molar-refractivity contribution in [1.82, 2.24) is 15.3 Å². The molecule has 1 aromatic carbocycles. The Morgan fingerprint density at radius 3 is 2.43 bits per heavy atom. The quantitative estimate of drug-likeness (QED) is 0.671. The van der Waals surface area contributed by atoms with E-state index in [0.717, 1.165) is 16.3 Å². The number of thioether (sulfide) groups is 1. The molecule has 2 rings (SSSR count). The number of carbonyl (C=O) groups excluding carboxylic acids is 1. The normalized spacial score (nSPS) is 13.4. The number of hydrogen-bond acceptors (Lipinski definition) is 4. The van der Waals surface area contributed by atoms with Crippen LogP contribution in [-0.2, 0) is 4.79 Å². The fourth-order valence-electron chi connectivity index (χ4n) is 2.14. The van der Waals surface area contributed by atoms with Gasteiger partial charge in [0.15, 0.2) is 0 Å². The van der Waals surface area contributed by atoms with Crippen LogP contribution in [0.15, 0.2) is 35.4 Å². The Kier molecular flexibility index (Phi) is 5.71. The van der Waals surface area contributed by atoms with Gasteiger partial charge in [0.2, 0.25) is 5.91 Å². The summed E-state index contributed by atoms with van der Waals surface area (Å²) in [5, 5.41) is 3.44. The molecule has 0 aliphatic carbocycles. The maximum absolute atomic E-state index is 12.9. The molecule has 23 heavy (non-hydrogen) atoms. The smallest absolute Gasteiger partial charge is 0.233 e. The lowest BCUT2D eigenvalue weighted by Crippen LogP contribution is -2.33. The van der Waals surface area contributed by atoms with E-state index < -0.39 is 0 Å². The first kappa shape index (κ1) is 17.4. The molecule has 1 N–H and O–H groups in total. The second kappa shape index (κ2) is 7.55. The first-order valence-corrected chi connectivity index (χ1v) is 8.28. The highest BCUT2D eigenvalue weighted by molar-refractivity contribution is 8.00. The number of rotatable bonds is 5. The lowest BCUT2D eigenvalue weighted by Gasteiger charge is -2.17. The molecular weight excluding hydrogens is 313 g/mol. The Bertz CT molecular complexity index is 670. The molecule has 0 aliphatic heterocycles. The summed E-state index contributed by atoms with van der Waals surface area (Å²) in [5.74, 6) is 0.325. The van der Waals surface area contributed by atoms with E-state index in [4.69, 9.17) is 0 Å². The Hall–Kier alpha value is -1.95. The number of halogens is 1. The van der Waals surface area contributed by atoms with Gasteiger partial charge in [-0.3, -0.25) is 4.79 Å². The van der Waals surface area contributed by atoms with Crippen LogP contribution in [0.1, 0.15) is 37.0 Å². The Balaban J connectivity index is 1.97. The average Bonchev–Trinajstić information content (AvgIpc) is 2.46. The first-order chi connectivity index (χ1) is 10.8. The standard InChI is InChI=1S/C17H20FN3OS/c1-10-9-16(21-13(4)19-10)23-12(3)17(22)20-11(2)14-5-7-15(18)8-6-14/h5-9,11-12H,1-4H3,(H,20,22). The van der Waals surface area contributed by atoms with Crippen molar-refractivity contribution in [2.24, 2.45) is 0 Å². The van der Waals surface area contributed by atoms with Gasteiger partial charge in [-0.2, -0.15) is 0 Å². The van der Waals surface area contributed by atoms with Crippen LogP contribution in [0.25, 0.3) is 0 Å². The van der Waals surface area contributed by atoms with E-state index in [0.29, 0.717) is 5.82 Å². The van der Waals surface area contributed by atoms with E-state index in [9.17, 15) is 9.18 Å². The maximum atomic E-state index is 12.9. The predicted octanol–water partition coefficient (Wildman–Crippen LogP) is 3.59. The Morgan fingerprint density at radius 1 is 1.17 bits per heavy atom. The van der Waals surface area contributed by atoms with Crippen molar-refractivity contribution >= 4 is 17.7 Å². The van der Waals surface area contributed by atoms with Gasteiger partial charge in [0.1, 0.15) is 16.7 Å². The van der Waals surface area contributed by atoms with E-state index in [1.54, 1.807) is 12.1 Å². The van der Waals surface area contributed by atoms with Gasteiger partial charge in [0, 0.05) is 5.69 Å². The van der Waals surface area contributed by atoms with Crippen LogP contribution in [-0.4, -0.2) is 21.1 Å². The number of nitrogens with one attached hydrogen (secondary N) is 1. The van der Waals surface area contributed by atoms with E-state index in [1.165, 1.54) is 23.9 Å². The molecule has 1 amide bonds. The summed E-state index contributed by atoms with van der Waals surface area (Å²) < 4.78 is 12.9. The van der Waals surface area contributed by atoms with Crippen molar-refractivity contribution in [2.45, 2.75) is 44.0 Å². The Morgan fingerprint density at radius 2 is 1.83 bits per heavy atom. The Labute approximate surface area is 139 Å². The second-order valence-corrected chi connectivity index (χ2v) is 6.80. The summed E-state index contributed by atoms with van der Waals surface area (Å²) in [5.41, 5.74) is 1.75. The molecule has 0 aliphatic rings. The maximum Gasteiger partial charge on any atom is 0.233 e. The highest BCUT2D eigenvalue weighted by Gasteiger charge is 2.18. The van der Waals surface area contributed by atoms with Gasteiger partial charge in [0.25, 0.3) is 0 Å². The summed E-state index contributed by atoms with van der Waals surface area (Å²) in [6, 6.07) is 7.82. The van der Waals surface area contributed by atoms with Crippen molar-refractivity contribution in [3.63, 3.8) is 0 Å².